The van der Waals surface area contributed by atoms with Crippen LogP contribution in [0.4, 0.5) is 11.6 Å². The number of rotatable bonds is 7. The molecule has 6 rings (SSSR count). The maximum atomic E-state index is 14.0. The van der Waals surface area contributed by atoms with Crippen LogP contribution in [0.1, 0.15) is 50.0 Å². The molecule has 1 aromatic carbocycles. The molecule has 4 aromatic heterocycles. The Morgan fingerprint density at radius 2 is 2.08 bits per heavy atom. The van der Waals surface area contributed by atoms with Gasteiger partial charge in [0.1, 0.15) is 29.4 Å². The molecule has 0 radical (unpaired) electrons. The van der Waals surface area contributed by atoms with E-state index in [2.05, 4.69) is 30.6 Å². The van der Waals surface area contributed by atoms with Gasteiger partial charge in [0, 0.05) is 31.8 Å². The van der Waals surface area contributed by atoms with Crippen LogP contribution >= 0.6 is 0 Å². The first-order chi connectivity index (χ1) is 17.9. The summed E-state index contributed by atoms with van der Waals surface area (Å²) in [6.45, 7) is 3.73. The van der Waals surface area contributed by atoms with Gasteiger partial charge in [-0.15, -0.1) is 10.2 Å². The second kappa shape index (κ2) is 8.80. The summed E-state index contributed by atoms with van der Waals surface area (Å²) in [5.41, 5.74) is 8.87. The van der Waals surface area contributed by atoms with Gasteiger partial charge < -0.3 is 15.5 Å². The fourth-order valence-corrected chi connectivity index (χ4v) is 4.62. The molecular weight excluding hydrogens is 472 g/mol. The SMILES string of the molecule is CCC(Nc1ncnc(N)c1-c1nnc(C)o1)c1nc2cccc(-c3cnn(C)c3)c2c(=O)n1C1CC1. The topological polar surface area (TPSA) is 155 Å². The summed E-state index contributed by atoms with van der Waals surface area (Å²) >= 11 is 0. The molecule has 12 nitrogen and oxygen atoms in total. The minimum atomic E-state index is -0.336. The van der Waals surface area contributed by atoms with Gasteiger partial charge in [0.25, 0.3) is 11.4 Å². The smallest absolute Gasteiger partial charge is 0.262 e. The Bertz CT molecular complexity index is 1680. The number of nitrogens with two attached hydrogens (primary N) is 1. The van der Waals surface area contributed by atoms with Gasteiger partial charge in [0.05, 0.1) is 23.1 Å². The highest BCUT2D eigenvalue weighted by atomic mass is 16.4. The summed E-state index contributed by atoms with van der Waals surface area (Å²) in [6, 6.07) is 5.50. The van der Waals surface area contributed by atoms with Crippen molar-refractivity contribution in [3.63, 3.8) is 0 Å². The minimum Gasteiger partial charge on any atom is -0.421 e. The quantitative estimate of drug-likeness (QED) is 0.341. The Balaban J connectivity index is 1.50. The van der Waals surface area contributed by atoms with Crippen LogP contribution in [-0.4, -0.2) is 39.5 Å². The summed E-state index contributed by atoms with van der Waals surface area (Å²) in [7, 11) is 1.86. The van der Waals surface area contributed by atoms with Crippen molar-refractivity contribution in [2.75, 3.05) is 11.1 Å². The summed E-state index contributed by atoms with van der Waals surface area (Å²) < 4.78 is 9.18. The van der Waals surface area contributed by atoms with Crippen molar-refractivity contribution in [1.82, 2.24) is 39.5 Å². The summed E-state index contributed by atoms with van der Waals surface area (Å²) in [6.07, 6.45) is 7.54. The lowest BCUT2D eigenvalue weighted by Gasteiger charge is -2.23. The number of nitrogens with one attached hydrogen (secondary N) is 1. The first-order valence-electron chi connectivity index (χ1n) is 12.2. The largest absolute Gasteiger partial charge is 0.421 e. The van der Waals surface area contributed by atoms with E-state index in [1.54, 1.807) is 17.8 Å². The third kappa shape index (κ3) is 3.99. The maximum absolute atomic E-state index is 14.0. The van der Waals surface area contributed by atoms with Crippen LogP contribution in [0.2, 0.25) is 0 Å². The van der Waals surface area contributed by atoms with Crippen molar-refractivity contribution in [3.05, 3.63) is 59.0 Å². The third-order valence-corrected chi connectivity index (χ3v) is 6.53. The van der Waals surface area contributed by atoms with E-state index < -0.39 is 0 Å². The van der Waals surface area contributed by atoms with E-state index in [0.29, 0.717) is 40.4 Å². The molecule has 3 N–H and O–H groups in total. The molecule has 0 saturated heterocycles. The van der Waals surface area contributed by atoms with Crippen molar-refractivity contribution < 1.29 is 4.42 Å². The molecule has 5 aromatic rings. The van der Waals surface area contributed by atoms with E-state index in [0.717, 1.165) is 24.0 Å². The number of anilines is 2. The Kier molecular flexibility index (Phi) is 5.43. The van der Waals surface area contributed by atoms with Crippen LogP contribution in [0.25, 0.3) is 33.5 Å². The average Bonchev–Trinajstić information content (AvgIpc) is 3.48. The lowest BCUT2D eigenvalue weighted by atomic mass is 10.0. The molecule has 1 aliphatic rings. The van der Waals surface area contributed by atoms with E-state index in [-0.39, 0.29) is 29.4 Å². The van der Waals surface area contributed by atoms with Gasteiger partial charge in [-0.3, -0.25) is 14.0 Å². The van der Waals surface area contributed by atoms with Crippen LogP contribution in [0.15, 0.2) is 46.1 Å². The second-order valence-corrected chi connectivity index (χ2v) is 9.19. The van der Waals surface area contributed by atoms with E-state index in [9.17, 15) is 4.79 Å². The number of hydrogen-bond acceptors (Lipinski definition) is 10. The number of nitrogen functional groups attached to an aromatic ring is 1. The van der Waals surface area contributed by atoms with E-state index in [4.69, 9.17) is 15.1 Å². The Morgan fingerprint density at radius 3 is 2.76 bits per heavy atom. The standard InChI is InChI=1S/C25H26N10O2/c1-4-17(30-22-20(21(26)27-12-28-22)24-33-32-13(2)37-24)23-31-18-7-5-6-16(14-10-29-34(3)11-14)19(18)25(36)35(23)15-8-9-15/h5-7,10-12,15,17H,4,8-9H2,1-3H3,(H3,26,27,28,30). The Labute approximate surface area is 211 Å². The predicted molar refractivity (Wildman–Crippen MR) is 138 cm³/mol. The van der Waals surface area contributed by atoms with Gasteiger partial charge in [0.2, 0.25) is 5.89 Å². The number of hydrogen-bond donors (Lipinski definition) is 2. The summed E-state index contributed by atoms with van der Waals surface area (Å²) in [4.78, 5) is 27.6. The highest BCUT2D eigenvalue weighted by Crippen LogP contribution is 2.39. The fraction of sp³-hybridized carbons (Fsp3) is 0.320. The third-order valence-electron chi connectivity index (χ3n) is 6.53. The number of fused-ring (bicyclic) bond motifs is 1. The molecule has 0 spiro atoms. The van der Waals surface area contributed by atoms with E-state index in [1.165, 1.54) is 6.33 Å². The van der Waals surface area contributed by atoms with Crippen molar-refractivity contribution in [2.45, 2.75) is 45.2 Å². The molecule has 4 heterocycles. The van der Waals surface area contributed by atoms with Crippen LogP contribution < -0.4 is 16.6 Å². The molecule has 1 atom stereocenters. The predicted octanol–water partition coefficient (Wildman–Crippen LogP) is 3.43. The lowest BCUT2D eigenvalue weighted by Crippen LogP contribution is -2.29. The number of nitrogens with zero attached hydrogens (tertiary/aromatic N) is 8. The molecule has 12 heteroatoms. The molecule has 0 aliphatic heterocycles. The normalized spacial score (nSPS) is 14.2. The molecule has 1 aliphatic carbocycles. The Hall–Kier alpha value is -4.61. The van der Waals surface area contributed by atoms with Crippen LogP contribution in [-0.2, 0) is 7.05 Å². The van der Waals surface area contributed by atoms with Gasteiger partial charge >= 0.3 is 0 Å². The molecule has 1 unspecified atom stereocenters. The number of aromatic nitrogens is 8. The fourth-order valence-electron chi connectivity index (χ4n) is 4.62. The van der Waals surface area contributed by atoms with Gasteiger partial charge in [-0.1, -0.05) is 19.1 Å². The van der Waals surface area contributed by atoms with Crippen LogP contribution in [0.5, 0.6) is 0 Å². The molecule has 1 fully saturated rings. The van der Waals surface area contributed by atoms with Crippen molar-refractivity contribution in [2.24, 2.45) is 7.05 Å². The molecule has 188 valence electrons. The first-order valence-corrected chi connectivity index (χ1v) is 12.2. The zero-order chi connectivity index (χ0) is 25.7. The first kappa shape index (κ1) is 22.8. The number of aryl methyl sites for hydroxylation is 2. The van der Waals surface area contributed by atoms with Crippen LogP contribution in [0.3, 0.4) is 0 Å². The maximum Gasteiger partial charge on any atom is 0.262 e. The molecule has 37 heavy (non-hydrogen) atoms. The van der Waals surface area contributed by atoms with Gasteiger partial charge in [0.15, 0.2) is 0 Å². The molecular formula is C25H26N10O2. The second-order valence-electron chi connectivity index (χ2n) is 9.19. The molecule has 0 amide bonds. The molecule has 1 saturated carbocycles. The Morgan fingerprint density at radius 1 is 1.24 bits per heavy atom. The minimum absolute atomic E-state index is 0.0582. The van der Waals surface area contributed by atoms with Gasteiger partial charge in [-0.25, -0.2) is 15.0 Å². The van der Waals surface area contributed by atoms with E-state index in [1.807, 2.05) is 42.9 Å². The highest BCUT2D eigenvalue weighted by Gasteiger charge is 2.32. The average molecular weight is 499 g/mol. The summed E-state index contributed by atoms with van der Waals surface area (Å²) in [5, 5.41) is 16.3. The zero-order valence-electron chi connectivity index (χ0n) is 20.7. The zero-order valence-corrected chi connectivity index (χ0v) is 20.7. The van der Waals surface area contributed by atoms with Gasteiger partial charge in [-0.05, 0) is 30.9 Å². The van der Waals surface area contributed by atoms with E-state index >= 15 is 0 Å². The highest BCUT2D eigenvalue weighted by molar-refractivity contribution is 5.93. The van der Waals surface area contributed by atoms with Crippen LogP contribution in [0, 0.1) is 6.92 Å². The summed E-state index contributed by atoms with van der Waals surface area (Å²) in [5.74, 6) is 1.92. The monoisotopic (exact) mass is 498 g/mol. The van der Waals surface area contributed by atoms with Crippen molar-refractivity contribution in [3.8, 4) is 22.6 Å². The van der Waals surface area contributed by atoms with Gasteiger partial charge in [-0.2, -0.15) is 5.10 Å². The molecule has 0 bridgehead atoms. The van der Waals surface area contributed by atoms with Crippen molar-refractivity contribution in [1.29, 1.82) is 0 Å². The number of benzene rings is 1. The van der Waals surface area contributed by atoms with Crippen molar-refractivity contribution >= 4 is 22.5 Å². The lowest BCUT2D eigenvalue weighted by molar-refractivity contribution is 0.532.